The highest BCUT2D eigenvalue weighted by Gasteiger charge is 2.33. The van der Waals surface area contributed by atoms with E-state index in [1.54, 1.807) is 12.1 Å². The Labute approximate surface area is 228 Å². The van der Waals surface area contributed by atoms with Crippen molar-refractivity contribution in [3.63, 3.8) is 0 Å². The molecule has 0 N–H and O–H groups in total. The third kappa shape index (κ3) is 4.92. The fraction of sp³-hybridized carbons (Fsp3) is 0.500. The zero-order valence-corrected chi connectivity index (χ0v) is 22.8. The Kier molecular flexibility index (Phi) is 7.34. The summed E-state index contributed by atoms with van der Waals surface area (Å²) in [7, 11) is 0. The topological polar surface area (TPSA) is 48.8 Å². The van der Waals surface area contributed by atoms with Crippen molar-refractivity contribution in [3.05, 3.63) is 75.6 Å². The van der Waals surface area contributed by atoms with E-state index in [-0.39, 0.29) is 0 Å². The van der Waals surface area contributed by atoms with Crippen molar-refractivity contribution in [1.82, 2.24) is 14.5 Å². The highest BCUT2D eigenvalue weighted by molar-refractivity contribution is 6.30. The normalized spacial score (nSPS) is 21.6. The predicted octanol–water partition coefficient (Wildman–Crippen LogP) is 6.44. The van der Waals surface area contributed by atoms with E-state index in [1.165, 1.54) is 17.5 Å². The van der Waals surface area contributed by atoms with Crippen LogP contribution in [0.1, 0.15) is 73.7 Å². The number of aryl methyl sites for hydroxylation is 1. The molecule has 6 rings (SSSR count). The largest absolute Gasteiger partial charge is 0.447 e. The fourth-order valence-electron chi connectivity index (χ4n) is 5.98. The number of benzene rings is 2. The lowest BCUT2D eigenvalue weighted by Gasteiger charge is -2.33. The molecule has 0 aliphatic carbocycles. The first-order valence-corrected chi connectivity index (χ1v) is 14.2. The predicted molar refractivity (Wildman–Crippen MR) is 144 cm³/mol. The van der Waals surface area contributed by atoms with Crippen molar-refractivity contribution >= 4 is 11.6 Å². The molecule has 0 saturated carbocycles. The van der Waals surface area contributed by atoms with Gasteiger partial charge in [0.25, 0.3) is 6.29 Å². The van der Waals surface area contributed by atoms with Gasteiger partial charge in [-0.05, 0) is 75.4 Å². The first kappa shape index (κ1) is 25.7. The summed E-state index contributed by atoms with van der Waals surface area (Å²) in [5.41, 5.74) is 4.08. The molecule has 6 nitrogen and oxygen atoms in total. The molecule has 3 aliphatic rings. The molecule has 0 radical (unpaired) electrons. The van der Waals surface area contributed by atoms with Gasteiger partial charge in [-0.3, -0.25) is 4.90 Å². The van der Waals surface area contributed by atoms with Gasteiger partial charge in [-0.15, -0.1) is 0 Å². The first-order chi connectivity index (χ1) is 18.5. The first-order valence-electron chi connectivity index (χ1n) is 13.9. The molecule has 0 unspecified atom stereocenters. The van der Waals surface area contributed by atoms with Crippen molar-refractivity contribution in [2.24, 2.45) is 0 Å². The number of rotatable bonds is 8. The van der Waals surface area contributed by atoms with Crippen LogP contribution in [0.3, 0.4) is 0 Å². The van der Waals surface area contributed by atoms with Gasteiger partial charge in [0.2, 0.25) is 0 Å². The van der Waals surface area contributed by atoms with Gasteiger partial charge in [-0.1, -0.05) is 37.6 Å². The molecule has 2 atom stereocenters. The molecule has 3 aliphatic heterocycles. The van der Waals surface area contributed by atoms with E-state index < -0.39 is 12.1 Å². The average Bonchev–Trinajstić information content (AvgIpc) is 3.47. The Morgan fingerprint density at radius 2 is 1.84 bits per heavy atom. The van der Waals surface area contributed by atoms with Crippen LogP contribution in [0.2, 0.25) is 5.02 Å². The van der Waals surface area contributed by atoms with Crippen LogP contribution in [-0.2, 0) is 30.7 Å². The van der Waals surface area contributed by atoms with E-state index in [0.717, 1.165) is 82.0 Å². The van der Waals surface area contributed by atoms with E-state index in [4.69, 9.17) is 30.8 Å². The molecule has 1 aromatic heterocycles. The summed E-state index contributed by atoms with van der Waals surface area (Å²) < 4.78 is 34.9. The van der Waals surface area contributed by atoms with Gasteiger partial charge in [0.05, 0.1) is 30.5 Å². The number of hydrogen-bond acceptors (Lipinski definition) is 5. The molecule has 8 heteroatoms. The standard InChI is InChI=1S/C30H35ClFN3O3/c1-3-25-26(4-2)35(17-21-12-15-36-21)28(33-25)18-34-13-10-19(11-14-34)22-6-5-7-27-29(22)38-30(37-27)23-9-8-20(31)16-24(23)32/h5-9,16,19,21,30H,3-4,10-15,17-18H2,1-2H3/t21-,30-/m0/s1. The SMILES string of the molecule is CCc1nc(CN2CCC(c3cccc4c3O[C@@H](c3ccc(Cl)cc3F)O4)CC2)n(C[C@@H]2CCO2)c1CC. The highest BCUT2D eigenvalue weighted by Crippen LogP contribution is 2.47. The Morgan fingerprint density at radius 1 is 1.03 bits per heavy atom. The molecule has 0 spiro atoms. The quantitative estimate of drug-likeness (QED) is 0.330. The Hall–Kier alpha value is -2.61. The Morgan fingerprint density at radius 3 is 2.53 bits per heavy atom. The summed E-state index contributed by atoms with van der Waals surface area (Å²) in [5, 5.41) is 0.352. The maximum absolute atomic E-state index is 14.5. The van der Waals surface area contributed by atoms with Crippen molar-refractivity contribution in [1.29, 1.82) is 0 Å². The van der Waals surface area contributed by atoms with E-state index in [9.17, 15) is 4.39 Å². The van der Waals surface area contributed by atoms with Gasteiger partial charge >= 0.3 is 0 Å². The lowest BCUT2D eigenvalue weighted by Crippen LogP contribution is -2.35. The van der Waals surface area contributed by atoms with Crippen LogP contribution in [0.15, 0.2) is 36.4 Å². The second-order valence-electron chi connectivity index (χ2n) is 10.5. The molecule has 38 heavy (non-hydrogen) atoms. The average molecular weight is 540 g/mol. The van der Waals surface area contributed by atoms with Crippen LogP contribution >= 0.6 is 11.6 Å². The van der Waals surface area contributed by atoms with Gasteiger partial charge in [0.1, 0.15) is 11.6 Å². The number of hydrogen-bond donors (Lipinski definition) is 0. The summed E-state index contributed by atoms with van der Waals surface area (Å²) in [5.74, 6) is 2.51. The summed E-state index contributed by atoms with van der Waals surface area (Å²) in [6.07, 6.45) is 4.64. The van der Waals surface area contributed by atoms with Crippen LogP contribution in [-0.4, -0.2) is 40.3 Å². The van der Waals surface area contributed by atoms with Gasteiger partial charge in [-0.25, -0.2) is 9.37 Å². The van der Waals surface area contributed by atoms with Crippen molar-refractivity contribution in [2.45, 2.75) is 77.4 Å². The third-order valence-corrected chi connectivity index (χ3v) is 8.40. The number of likely N-dealkylation sites (tertiary alicyclic amines) is 1. The molecular formula is C30H35ClFN3O3. The molecule has 2 fully saturated rings. The van der Waals surface area contributed by atoms with Crippen molar-refractivity contribution in [2.75, 3.05) is 19.7 Å². The second-order valence-corrected chi connectivity index (χ2v) is 10.9. The van der Waals surface area contributed by atoms with Crippen LogP contribution < -0.4 is 9.47 Å². The van der Waals surface area contributed by atoms with E-state index >= 15 is 0 Å². The molecule has 2 saturated heterocycles. The minimum atomic E-state index is -0.803. The molecule has 2 aromatic carbocycles. The van der Waals surface area contributed by atoms with Crippen LogP contribution in [0.5, 0.6) is 11.5 Å². The van der Waals surface area contributed by atoms with Gasteiger partial charge < -0.3 is 18.8 Å². The van der Waals surface area contributed by atoms with Gasteiger partial charge in [0, 0.05) is 22.9 Å². The number of halogens is 2. The number of fused-ring (bicyclic) bond motifs is 1. The lowest BCUT2D eigenvalue weighted by molar-refractivity contribution is -0.0601. The molecular weight excluding hydrogens is 505 g/mol. The van der Waals surface area contributed by atoms with E-state index in [0.29, 0.717) is 28.4 Å². The third-order valence-electron chi connectivity index (χ3n) is 8.16. The molecule has 0 amide bonds. The number of para-hydroxylation sites is 1. The van der Waals surface area contributed by atoms with Crippen LogP contribution in [0.25, 0.3) is 0 Å². The molecule has 202 valence electrons. The second kappa shape index (κ2) is 10.9. The summed E-state index contributed by atoms with van der Waals surface area (Å²) >= 11 is 5.93. The minimum Gasteiger partial charge on any atom is -0.447 e. The zero-order valence-electron chi connectivity index (χ0n) is 22.1. The van der Waals surface area contributed by atoms with Crippen LogP contribution in [0.4, 0.5) is 4.39 Å². The summed E-state index contributed by atoms with van der Waals surface area (Å²) in [6, 6.07) is 10.6. The highest BCUT2D eigenvalue weighted by atomic mass is 35.5. The summed E-state index contributed by atoms with van der Waals surface area (Å²) in [6.45, 7) is 9.02. The number of aromatic nitrogens is 2. The molecule has 4 heterocycles. The smallest absolute Gasteiger partial charge is 0.270 e. The zero-order chi connectivity index (χ0) is 26.2. The molecule has 0 bridgehead atoms. The monoisotopic (exact) mass is 539 g/mol. The van der Waals surface area contributed by atoms with Crippen LogP contribution in [0, 0.1) is 5.82 Å². The van der Waals surface area contributed by atoms with Crippen molar-refractivity contribution < 1.29 is 18.6 Å². The fourth-order valence-corrected chi connectivity index (χ4v) is 6.14. The molecule has 3 aromatic rings. The maximum Gasteiger partial charge on any atom is 0.270 e. The number of ether oxygens (including phenoxy) is 3. The number of nitrogens with zero attached hydrogens (tertiary/aromatic N) is 3. The maximum atomic E-state index is 14.5. The Balaban J connectivity index is 1.14. The number of imidazole rings is 1. The van der Waals surface area contributed by atoms with Crippen molar-refractivity contribution in [3.8, 4) is 11.5 Å². The van der Waals surface area contributed by atoms with Gasteiger partial charge in [0.15, 0.2) is 11.5 Å². The number of piperidine rings is 1. The van der Waals surface area contributed by atoms with E-state index in [1.807, 2.05) is 12.1 Å². The minimum absolute atomic E-state index is 0.316. The Bertz CT molecular complexity index is 1300. The lowest BCUT2D eigenvalue weighted by atomic mass is 9.88. The van der Waals surface area contributed by atoms with Gasteiger partial charge in [-0.2, -0.15) is 0 Å². The van der Waals surface area contributed by atoms with E-state index in [2.05, 4.69) is 29.4 Å². The summed E-state index contributed by atoms with van der Waals surface area (Å²) in [4.78, 5) is 7.59.